The molecule has 0 aliphatic heterocycles. The zero-order valence-electron chi connectivity index (χ0n) is 15.6. The number of aliphatic carboxylic acids is 1. The SMILES string of the molecule is CCCN(C)CC(OC)C(C)C(=O)NC(Cc1ccccc1)C(=O)O. The summed E-state index contributed by atoms with van der Waals surface area (Å²) in [6.45, 7) is 5.40. The molecule has 6 nitrogen and oxygen atoms in total. The van der Waals surface area contributed by atoms with Crippen molar-refractivity contribution in [1.82, 2.24) is 10.2 Å². The maximum Gasteiger partial charge on any atom is 0.326 e. The lowest BCUT2D eigenvalue weighted by Gasteiger charge is -2.27. The van der Waals surface area contributed by atoms with E-state index in [1.807, 2.05) is 37.4 Å². The number of hydrogen-bond acceptors (Lipinski definition) is 4. The topological polar surface area (TPSA) is 78.9 Å². The average Bonchev–Trinajstić information content (AvgIpc) is 2.59. The van der Waals surface area contributed by atoms with Gasteiger partial charge in [-0.1, -0.05) is 44.2 Å². The number of benzene rings is 1. The van der Waals surface area contributed by atoms with Gasteiger partial charge in [-0.3, -0.25) is 4.79 Å². The van der Waals surface area contributed by atoms with E-state index in [-0.39, 0.29) is 18.4 Å². The highest BCUT2D eigenvalue weighted by Gasteiger charge is 2.28. The molecule has 1 aromatic rings. The Morgan fingerprint density at radius 3 is 2.44 bits per heavy atom. The molecule has 3 atom stereocenters. The molecule has 140 valence electrons. The van der Waals surface area contributed by atoms with Crippen LogP contribution in [0.1, 0.15) is 25.8 Å². The summed E-state index contributed by atoms with van der Waals surface area (Å²) in [4.78, 5) is 26.1. The summed E-state index contributed by atoms with van der Waals surface area (Å²) in [6.07, 6.45) is 0.982. The second-order valence-electron chi connectivity index (χ2n) is 6.41. The molecule has 25 heavy (non-hydrogen) atoms. The molecule has 0 heterocycles. The van der Waals surface area contributed by atoms with Crippen molar-refractivity contribution in [2.75, 3.05) is 27.2 Å². The molecule has 0 saturated heterocycles. The molecule has 1 amide bonds. The van der Waals surface area contributed by atoms with E-state index in [4.69, 9.17) is 4.74 Å². The lowest BCUT2D eigenvalue weighted by molar-refractivity contribution is -0.143. The van der Waals surface area contributed by atoms with Crippen molar-refractivity contribution in [1.29, 1.82) is 0 Å². The minimum Gasteiger partial charge on any atom is -0.480 e. The molecule has 0 aromatic heterocycles. The number of carboxylic acids is 1. The van der Waals surface area contributed by atoms with Crippen molar-refractivity contribution in [3.8, 4) is 0 Å². The smallest absolute Gasteiger partial charge is 0.326 e. The quantitative estimate of drug-likeness (QED) is 0.636. The first-order valence-corrected chi connectivity index (χ1v) is 8.67. The van der Waals surface area contributed by atoms with Crippen LogP contribution >= 0.6 is 0 Å². The van der Waals surface area contributed by atoms with Crippen molar-refractivity contribution >= 4 is 11.9 Å². The molecule has 1 rings (SSSR count). The van der Waals surface area contributed by atoms with Crippen molar-refractivity contribution in [3.05, 3.63) is 35.9 Å². The molecule has 0 aliphatic rings. The number of ether oxygens (including phenoxy) is 1. The minimum atomic E-state index is -1.04. The standard InChI is InChI=1S/C19H30N2O4/c1-5-11-21(3)13-17(25-4)14(2)18(22)20-16(19(23)24)12-15-9-7-6-8-10-15/h6-10,14,16-17H,5,11-13H2,1-4H3,(H,20,22)(H,23,24). The van der Waals surface area contributed by atoms with Crippen molar-refractivity contribution in [2.24, 2.45) is 5.92 Å². The molecule has 0 saturated carbocycles. The summed E-state index contributed by atoms with van der Waals surface area (Å²) in [7, 11) is 3.56. The number of nitrogens with zero attached hydrogens (tertiary/aromatic N) is 1. The van der Waals surface area contributed by atoms with E-state index in [1.165, 1.54) is 0 Å². The van der Waals surface area contributed by atoms with Crippen LogP contribution in [-0.4, -0.2) is 61.3 Å². The largest absolute Gasteiger partial charge is 0.480 e. The van der Waals surface area contributed by atoms with E-state index in [0.29, 0.717) is 6.54 Å². The van der Waals surface area contributed by atoms with Crippen molar-refractivity contribution in [3.63, 3.8) is 0 Å². The van der Waals surface area contributed by atoms with Crippen LogP contribution in [0, 0.1) is 5.92 Å². The predicted octanol–water partition coefficient (Wildman–Crippen LogP) is 1.79. The Labute approximate surface area is 150 Å². The average molecular weight is 350 g/mol. The molecule has 0 fully saturated rings. The first-order valence-electron chi connectivity index (χ1n) is 8.67. The zero-order valence-corrected chi connectivity index (χ0v) is 15.6. The van der Waals surface area contributed by atoms with Gasteiger partial charge < -0.3 is 20.1 Å². The van der Waals surface area contributed by atoms with Crippen molar-refractivity contribution in [2.45, 2.75) is 38.8 Å². The van der Waals surface area contributed by atoms with Crippen LogP contribution in [0.25, 0.3) is 0 Å². The van der Waals surface area contributed by atoms with Crippen LogP contribution in [0.15, 0.2) is 30.3 Å². The number of amides is 1. The van der Waals surface area contributed by atoms with E-state index in [9.17, 15) is 14.7 Å². The summed E-state index contributed by atoms with van der Waals surface area (Å²) >= 11 is 0. The Morgan fingerprint density at radius 2 is 1.92 bits per heavy atom. The number of methoxy groups -OCH3 is 1. The van der Waals surface area contributed by atoms with E-state index in [1.54, 1.807) is 14.0 Å². The predicted molar refractivity (Wildman–Crippen MR) is 97.5 cm³/mol. The fourth-order valence-electron chi connectivity index (χ4n) is 2.74. The lowest BCUT2D eigenvalue weighted by Crippen LogP contribution is -2.48. The normalized spacial score (nSPS) is 14.8. The number of carbonyl (C=O) groups is 2. The summed E-state index contributed by atoms with van der Waals surface area (Å²) in [5, 5.41) is 12.1. The first-order chi connectivity index (χ1) is 11.9. The number of hydrogen-bond donors (Lipinski definition) is 2. The second-order valence-corrected chi connectivity index (χ2v) is 6.41. The van der Waals surface area contributed by atoms with Gasteiger partial charge in [-0.2, -0.15) is 0 Å². The Kier molecular flexibility index (Phi) is 9.16. The van der Waals surface area contributed by atoms with Gasteiger partial charge in [-0.25, -0.2) is 4.79 Å². The molecule has 6 heteroatoms. The van der Waals surface area contributed by atoms with Crippen LogP contribution < -0.4 is 5.32 Å². The number of rotatable bonds is 11. The summed E-state index contributed by atoms with van der Waals surface area (Å²) in [6, 6.07) is 8.32. The van der Waals surface area contributed by atoms with E-state index >= 15 is 0 Å². The molecule has 0 radical (unpaired) electrons. The first kappa shape index (κ1) is 21.1. The number of likely N-dealkylation sites (N-methyl/N-ethyl adjacent to an activating group) is 1. The van der Waals surface area contributed by atoms with Crippen LogP contribution in [0.3, 0.4) is 0 Å². The van der Waals surface area contributed by atoms with Gasteiger partial charge in [0.1, 0.15) is 6.04 Å². The van der Waals surface area contributed by atoms with Gasteiger partial charge in [-0.05, 0) is 25.6 Å². The molecule has 0 spiro atoms. The van der Waals surface area contributed by atoms with Gasteiger partial charge in [0.05, 0.1) is 12.0 Å². The molecule has 0 aliphatic carbocycles. The molecule has 1 aromatic carbocycles. The highest BCUT2D eigenvalue weighted by molar-refractivity contribution is 5.85. The fourth-order valence-corrected chi connectivity index (χ4v) is 2.74. The fraction of sp³-hybridized carbons (Fsp3) is 0.579. The van der Waals surface area contributed by atoms with Crippen LogP contribution in [0.5, 0.6) is 0 Å². The van der Waals surface area contributed by atoms with E-state index in [2.05, 4.69) is 17.1 Å². The summed E-state index contributed by atoms with van der Waals surface area (Å²) in [5.74, 6) is -1.79. The van der Waals surface area contributed by atoms with Gasteiger partial charge in [-0.15, -0.1) is 0 Å². The number of carbonyl (C=O) groups excluding carboxylic acids is 1. The summed E-state index contributed by atoms with van der Waals surface area (Å²) < 4.78 is 5.46. The third kappa shape index (κ3) is 7.23. The minimum absolute atomic E-state index is 0.252. The van der Waals surface area contributed by atoms with Gasteiger partial charge in [0.15, 0.2) is 0 Å². The Hall–Kier alpha value is -1.92. The van der Waals surface area contributed by atoms with Gasteiger partial charge in [0.2, 0.25) is 5.91 Å². The lowest BCUT2D eigenvalue weighted by atomic mass is 10.0. The zero-order chi connectivity index (χ0) is 18.8. The van der Waals surface area contributed by atoms with Crippen molar-refractivity contribution < 1.29 is 19.4 Å². The number of nitrogens with one attached hydrogen (secondary N) is 1. The molecular formula is C19H30N2O4. The maximum absolute atomic E-state index is 12.5. The molecule has 2 N–H and O–H groups in total. The summed E-state index contributed by atoms with van der Waals surface area (Å²) in [5.41, 5.74) is 0.869. The monoisotopic (exact) mass is 350 g/mol. The van der Waals surface area contributed by atoms with Gasteiger partial charge in [0, 0.05) is 20.1 Å². The molecule has 3 unspecified atom stereocenters. The van der Waals surface area contributed by atoms with E-state index < -0.39 is 17.9 Å². The third-order valence-electron chi connectivity index (χ3n) is 4.27. The Morgan fingerprint density at radius 1 is 1.28 bits per heavy atom. The maximum atomic E-state index is 12.5. The molecular weight excluding hydrogens is 320 g/mol. The van der Waals surface area contributed by atoms with Crippen LogP contribution in [0.2, 0.25) is 0 Å². The van der Waals surface area contributed by atoms with E-state index in [0.717, 1.165) is 18.5 Å². The Bertz CT molecular complexity index is 535. The third-order valence-corrected chi connectivity index (χ3v) is 4.27. The highest BCUT2D eigenvalue weighted by Crippen LogP contribution is 2.11. The second kappa shape index (κ2) is 10.8. The van der Waals surface area contributed by atoms with Gasteiger partial charge >= 0.3 is 5.97 Å². The molecule has 0 bridgehead atoms. The van der Waals surface area contributed by atoms with Crippen LogP contribution in [0.4, 0.5) is 0 Å². The Balaban J connectivity index is 2.69. The number of carboxylic acid groups (broad SMARTS) is 1. The van der Waals surface area contributed by atoms with Crippen LogP contribution in [-0.2, 0) is 20.7 Å². The highest BCUT2D eigenvalue weighted by atomic mass is 16.5. The van der Waals surface area contributed by atoms with Gasteiger partial charge in [0.25, 0.3) is 0 Å².